The van der Waals surface area contributed by atoms with Gasteiger partial charge < -0.3 is 10.5 Å². The van der Waals surface area contributed by atoms with E-state index in [-0.39, 0.29) is 18.0 Å². The number of para-hydroxylation sites is 1. The number of hydrogen-bond acceptors (Lipinski definition) is 2. The second-order valence-corrected chi connectivity index (χ2v) is 4.82. The van der Waals surface area contributed by atoms with Crippen LogP contribution in [0.3, 0.4) is 0 Å². The van der Waals surface area contributed by atoms with Gasteiger partial charge in [0.2, 0.25) is 0 Å². The summed E-state index contributed by atoms with van der Waals surface area (Å²) in [7, 11) is 0. The molecule has 1 aliphatic carbocycles. The second kappa shape index (κ2) is 5.50. The Morgan fingerprint density at radius 2 is 2.00 bits per heavy atom. The maximum atomic E-state index is 13.8. The van der Waals surface area contributed by atoms with Crippen molar-refractivity contribution in [3.05, 3.63) is 29.6 Å². The van der Waals surface area contributed by atoms with Crippen LogP contribution in [0.2, 0.25) is 0 Å². The van der Waals surface area contributed by atoms with Crippen LogP contribution in [-0.2, 0) is 0 Å². The first-order valence-electron chi connectivity index (χ1n) is 6.39. The minimum atomic E-state index is -0.301. The van der Waals surface area contributed by atoms with Crippen LogP contribution in [0.1, 0.15) is 50.6 Å². The van der Waals surface area contributed by atoms with Gasteiger partial charge in [0.05, 0.1) is 6.10 Å². The average Bonchev–Trinajstić information content (AvgIpc) is 2.33. The summed E-state index contributed by atoms with van der Waals surface area (Å²) in [5.41, 5.74) is 6.60. The first kappa shape index (κ1) is 12.4. The van der Waals surface area contributed by atoms with Crippen molar-refractivity contribution in [2.24, 2.45) is 5.73 Å². The van der Waals surface area contributed by atoms with Gasteiger partial charge in [-0.15, -0.1) is 0 Å². The third-order valence-electron chi connectivity index (χ3n) is 3.32. The highest BCUT2D eigenvalue weighted by Gasteiger charge is 2.19. The molecule has 94 valence electrons. The molecule has 0 aromatic heterocycles. The molecular formula is C14H20FNO. The van der Waals surface area contributed by atoms with E-state index in [0.29, 0.717) is 5.75 Å². The van der Waals surface area contributed by atoms with Gasteiger partial charge in [-0.05, 0) is 38.7 Å². The topological polar surface area (TPSA) is 35.2 Å². The van der Waals surface area contributed by atoms with Crippen LogP contribution < -0.4 is 10.5 Å². The van der Waals surface area contributed by atoms with Gasteiger partial charge in [-0.25, -0.2) is 4.39 Å². The Bertz CT molecular complexity index is 372. The van der Waals surface area contributed by atoms with Crippen LogP contribution in [0, 0.1) is 5.82 Å². The van der Waals surface area contributed by atoms with E-state index in [1.54, 1.807) is 6.07 Å². The summed E-state index contributed by atoms with van der Waals surface area (Å²) in [4.78, 5) is 0. The largest absolute Gasteiger partial charge is 0.487 e. The van der Waals surface area contributed by atoms with Crippen molar-refractivity contribution < 1.29 is 9.13 Å². The maximum Gasteiger partial charge on any atom is 0.165 e. The summed E-state index contributed by atoms with van der Waals surface area (Å²) >= 11 is 0. The summed E-state index contributed by atoms with van der Waals surface area (Å²) in [6.07, 6.45) is 5.80. The molecule has 2 rings (SSSR count). The number of rotatable bonds is 3. The normalized spacial score (nSPS) is 19.0. The Balaban J connectivity index is 2.18. The second-order valence-electron chi connectivity index (χ2n) is 4.82. The van der Waals surface area contributed by atoms with Crippen LogP contribution >= 0.6 is 0 Å². The molecular weight excluding hydrogens is 217 g/mol. The summed E-state index contributed by atoms with van der Waals surface area (Å²) in [5.74, 6) is 0.0553. The van der Waals surface area contributed by atoms with Crippen molar-refractivity contribution >= 4 is 0 Å². The van der Waals surface area contributed by atoms with Gasteiger partial charge in [0, 0.05) is 11.6 Å². The van der Waals surface area contributed by atoms with E-state index < -0.39 is 0 Å². The number of nitrogens with two attached hydrogens (primary N) is 1. The molecule has 1 aromatic rings. The van der Waals surface area contributed by atoms with Crippen molar-refractivity contribution in [3.63, 3.8) is 0 Å². The molecule has 1 atom stereocenters. The lowest BCUT2D eigenvalue weighted by molar-refractivity contribution is 0.146. The number of ether oxygens (including phenoxy) is 1. The lowest BCUT2D eigenvalue weighted by Gasteiger charge is -2.25. The molecule has 3 heteroatoms. The SMILES string of the molecule is C[C@H](N)c1cccc(F)c1OC1CCCCC1. The molecule has 0 amide bonds. The van der Waals surface area contributed by atoms with Crippen LogP contribution in [0.25, 0.3) is 0 Å². The molecule has 0 radical (unpaired) electrons. The fourth-order valence-corrected chi connectivity index (χ4v) is 2.36. The van der Waals surface area contributed by atoms with E-state index in [4.69, 9.17) is 10.5 Å². The van der Waals surface area contributed by atoms with E-state index >= 15 is 0 Å². The third-order valence-corrected chi connectivity index (χ3v) is 3.32. The Labute approximate surface area is 102 Å². The molecule has 2 N–H and O–H groups in total. The number of halogens is 1. The molecule has 1 saturated carbocycles. The summed E-state index contributed by atoms with van der Waals surface area (Å²) in [6, 6.07) is 4.75. The zero-order valence-corrected chi connectivity index (χ0v) is 10.3. The third kappa shape index (κ3) is 2.97. The Morgan fingerprint density at radius 1 is 1.29 bits per heavy atom. The van der Waals surface area contributed by atoms with Crippen molar-refractivity contribution in [2.45, 2.75) is 51.2 Å². The lowest BCUT2D eigenvalue weighted by Crippen LogP contribution is -2.21. The number of hydrogen-bond donors (Lipinski definition) is 1. The van der Waals surface area contributed by atoms with Crippen LogP contribution in [-0.4, -0.2) is 6.10 Å². The van der Waals surface area contributed by atoms with Gasteiger partial charge in [-0.1, -0.05) is 18.6 Å². The summed E-state index contributed by atoms with van der Waals surface area (Å²) < 4.78 is 19.6. The van der Waals surface area contributed by atoms with Crippen LogP contribution in [0.4, 0.5) is 4.39 Å². The molecule has 0 aliphatic heterocycles. The fourth-order valence-electron chi connectivity index (χ4n) is 2.36. The first-order chi connectivity index (χ1) is 8.18. The van der Waals surface area contributed by atoms with E-state index in [0.717, 1.165) is 18.4 Å². The molecule has 1 aliphatic rings. The smallest absolute Gasteiger partial charge is 0.165 e. The average molecular weight is 237 g/mol. The van der Waals surface area contributed by atoms with Crippen LogP contribution in [0.5, 0.6) is 5.75 Å². The van der Waals surface area contributed by atoms with Crippen molar-refractivity contribution in [1.29, 1.82) is 0 Å². The molecule has 1 fully saturated rings. The lowest BCUT2D eigenvalue weighted by atomic mass is 9.97. The van der Waals surface area contributed by atoms with Crippen molar-refractivity contribution in [2.75, 3.05) is 0 Å². The van der Waals surface area contributed by atoms with Gasteiger partial charge in [0.25, 0.3) is 0 Å². The monoisotopic (exact) mass is 237 g/mol. The highest BCUT2D eigenvalue weighted by atomic mass is 19.1. The van der Waals surface area contributed by atoms with Gasteiger partial charge >= 0.3 is 0 Å². The van der Waals surface area contributed by atoms with Crippen LogP contribution in [0.15, 0.2) is 18.2 Å². The molecule has 0 heterocycles. The molecule has 0 bridgehead atoms. The predicted molar refractivity (Wildman–Crippen MR) is 66.5 cm³/mol. The first-order valence-corrected chi connectivity index (χ1v) is 6.39. The predicted octanol–water partition coefficient (Wildman–Crippen LogP) is 3.56. The van der Waals surface area contributed by atoms with Gasteiger partial charge in [-0.3, -0.25) is 0 Å². The minimum Gasteiger partial charge on any atom is -0.487 e. The Kier molecular flexibility index (Phi) is 4.00. The number of benzene rings is 1. The van der Waals surface area contributed by atoms with Crippen molar-refractivity contribution in [1.82, 2.24) is 0 Å². The zero-order valence-electron chi connectivity index (χ0n) is 10.3. The summed E-state index contributed by atoms with van der Waals surface area (Å²) in [6.45, 7) is 1.85. The van der Waals surface area contributed by atoms with Gasteiger partial charge in [-0.2, -0.15) is 0 Å². The van der Waals surface area contributed by atoms with Gasteiger partial charge in [0.15, 0.2) is 11.6 Å². The molecule has 0 saturated heterocycles. The quantitative estimate of drug-likeness (QED) is 0.872. The Hall–Kier alpha value is -1.09. The Morgan fingerprint density at radius 3 is 2.65 bits per heavy atom. The molecule has 17 heavy (non-hydrogen) atoms. The van der Waals surface area contributed by atoms with Crippen molar-refractivity contribution in [3.8, 4) is 5.75 Å². The highest BCUT2D eigenvalue weighted by Crippen LogP contribution is 2.31. The standard InChI is InChI=1S/C14H20FNO/c1-10(16)12-8-5-9-13(15)14(12)17-11-6-3-2-4-7-11/h5,8-11H,2-4,6-7,16H2,1H3/t10-/m0/s1. The van der Waals surface area contributed by atoms with E-state index in [1.165, 1.54) is 25.3 Å². The van der Waals surface area contributed by atoms with Gasteiger partial charge in [0.1, 0.15) is 0 Å². The van der Waals surface area contributed by atoms with E-state index in [2.05, 4.69) is 0 Å². The molecule has 0 spiro atoms. The van der Waals surface area contributed by atoms with E-state index in [9.17, 15) is 4.39 Å². The van der Waals surface area contributed by atoms with E-state index in [1.807, 2.05) is 13.0 Å². The minimum absolute atomic E-state index is 0.151. The molecule has 2 nitrogen and oxygen atoms in total. The molecule has 1 aromatic carbocycles. The fraction of sp³-hybridized carbons (Fsp3) is 0.571. The summed E-state index contributed by atoms with van der Waals surface area (Å²) in [5, 5.41) is 0. The highest BCUT2D eigenvalue weighted by molar-refractivity contribution is 5.37. The maximum absolute atomic E-state index is 13.8. The molecule has 0 unspecified atom stereocenters. The zero-order chi connectivity index (χ0) is 12.3.